The molecule has 0 bridgehead atoms. The van der Waals surface area contributed by atoms with Gasteiger partial charge in [-0.1, -0.05) is 12.1 Å². The number of nitrogens with one attached hydrogen (secondary N) is 1. The predicted molar refractivity (Wildman–Crippen MR) is 90.8 cm³/mol. The Kier molecular flexibility index (Phi) is 6.27. The molecule has 0 aliphatic carbocycles. The molecule has 0 fully saturated rings. The molecular formula is C18H16F3N2O4-. The third kappa shape index (κ3) is 5.37. The molecule has 0 amide bonds. The third-order valence-corrected chi connectivity index (χ3v) is 3.50. The fourth-order valence-electron chi connectivity index (χ4n) is 2.18. The SMILES string of the molecule is COc1cc(/C(C)=N\Nc2ccccc2C(F)(F)F)ccc1OCC(=O)[O-]. The van der Waals surface area contributed by atoms with Crippen LogP contribution in [0.2, 0.25) is 0 Å². The van der Waals surface area contributed by atoms with E-state index in [9.17, 15) is 23.1 Å². The summed E-state index contributed by atoms with van der Waals surface area (Å²) in [6, 6.07) is 9.57. The second-order valence-electron chi connectivity index (χ2n) is 5.38. The number of carbonyl (C=O) groups excluding carboxylic acids is 1. The zero-order chi connectivity index (χ0) is 20.0. The van der Waals surface area contributed by atoms with E-state index in [1.54, 1.807) is 13.0 Å². The van der Waals surface area contributed by atoms with Crippen molar-refractivity contribution >= 4 is 17.4 Å². The van der Waals surface area contributed by atoms with Gasteiger partial charge >= 0.3 is 6.18 Å². The Bertz CT molecular complexity index is 851. The van der Waals surface area contributed by atoms with Gasteiger partial charge in [-0.25, -0.2) is 0 Å². The van der Waals surface area contributed by atoms with Crippen LogP contribution in [0, 0.1) is 0 Å². The van der Waals surface area contributed by atoms with Crippen molar-refractivity contribution in [1.29, 1.82) is 0 Å². The van der Waals surface area contributed by atoms with E-state index in [-0.39, 0.29) is 17.2 Å². The van der Waals surface area contributed by atoms with Crippen molar-refractivity contribution in [3.8, 4) is 11.5 Å². The van der Waals surface area contributed by atoms with Crippen LogP contribution in [0.4, 0.5) is 18.9 Å². The van der Waals surface area contributed by atoms with Gasteiger partial charge in [0.2, 0.25) is 0 Å². The number of hydrazone groups is 1. The second kappa shape index (κ2) is 8.43. The van der Waals surface area contributed by atoms with Crippen molar-refractivity contribution in [3.05, 3.63) is 53.6 Å². The van der Waals surface area contributed by atoms with Crippen molar-refractivity contribution in [2.75, 3.05) is 19.1 Å². The quantitative estimate of drug-likeness (QED) is 0.589. The molecule has 2 rings (SSSR count). The van der Waals surface area contributed by atoms with Crippen LogP contribution in [-0.2, 0) is 11.0 Å². The third-order valence-electron chi connectivity index (χ3n) is 3.50. The Morgan fingerprint density at radius 3 is 2.52 bits per heavy atom. The lowest BCUT2D eigenvalue weighted by Crippen LogP contribution is -2.29. The summed E-state index contributed by atoms with van der Waals surface area (Å²) in [7, 11) is 1.37. The molecule has 0 unspecified atom stereocenters. The standard InChI is InChI=1S/C18H17F3N2O4/c1-11(22-23-14-6-4-3-5-13(14)18(19,20)21)12-7-8-15(16(9-12)26-2)27-10-17(24)25/h3-9,23H,10H2,1-2H3,(H,24,25)/p-1/b22-11-. The molecule has 27 heavy (non-hydrogen) atoms. The second-order valence-corrected chi connectivity index (χ2v) is 5.38. The van der Waals surface area contributed by atoms with Gasteiger partial charge < -0.3 is 19.4 Å². The summed E-state index contributed by atoms with van der Waals surface area (Å²) in [6.07, 6.45) is -4.51. The van der Waals surface area contributed by atoms with Crippen LogP contribution in [-0.4, -0.2) is 25.4 Å². The minimum absolute atomic E-state index is 0.176. The van der Waals surface area contributed by atoms with Crippen LogP contribution < -0.4 is 20.0 Å². The molecule has 0 heterocycles. The van der Waals surface area contributed by atoms with Crippen LogP contribution in [0.15, 0.2) is 47.6 Å². The number of rotatable bonds is 7. The highest BCUT2D eigenvalue weighted by atomic mass is 19.4. The number of hydrogen-bond acceptors (Lipinski definition) is 6. The van der Waals surface area contributed by atoms with E-state index in [2.05, 4.69) is 10.5 Å². The molecule has 0 spiro atoms. The van der Waals surface area contributed by atoms with Crippen molar-refractivity contribution in [3.63, 3.8) is 0 Å². The average molecular weight is 381 g/mol. The molecule has 2 aromatic rings. The maximum absolute atomic E-state index is 13.0. The molecule has 0 aliphatic heterocycles. The topological polar surface area (TPSA) is 83.0 Å². The monoisotopic (exact) mass is 381 g/mol. The molecule has 0 atom stereocenters. The van der Waals surface area contributed by atoms with E-state index >= 15 is 0 Å². The van der Waals surface area contributed by atoms with Crippen LogP contribution >= 0.6 is 0 Å². The van der Waals surface area contributed by atoms with Gasteiger partial charge in [-0.15, -0.1) is 0 Å². The van der Waals surface area contributed by atoms with E-state index in [1.165, 1.54) is 37.4 Å². The molecule has 0 saturated heterocycles. The van der Waals surface area contributed by atoms with Crippen LogP contribution in [0.3, 0.4) is 0 Å². The van der Waals surface area contributed by atoms with Gasteiger partial charge in [0.15, 0.2) is 11.5 Å². The maximum Gasteiger partial charge on any atom is 0.418 e. The number of carboxylic acid groups (broad SMARTS) is 1. The Labute approximate surface area is 153 Å². The van der Waals surface area contributed by atoms with Gasteiger partial charge in [0.05, 0.1) is 30.0 Å². The largest absolute Gasteiger partial charge is 0.546 e. The Morgan fingerprint density at radius 2 is 1.89 bits per heavy atom. The molecule has 0 aromatic heterocycles. The Hall–Kier alpha value is -3.23. The summed E-state index contributed by atoms with van der Waals surface area (Å²) in [5.74, 6) is -0.945. The summed E-state index contributed by atoms with van der Waals surface area (Å²) in [5, 5.41) is 14.5. The summed E-state index contributed by atoms with van der Waals surface area (Å²) in [6.45, 7) is 0.957. The maximum atomic E-state index is 13.0. The summed E-state index contributed by atoms with van der Waals surface area (Å²) in [5.41, 5.74) is 2.35. The van der Waals surface area contributed by atoms with Crippen LogP contribution in [0.1, 0.15) is 18.1 Å². The lowest BCUT2D eigenvalue weighted by atomic mass is 10.1. The van der Waals surface area contributed by atoms with E-state index < -0.39 is 24.3 Å². The van der Waals surface area contributed by atoms with Gasteiger partial charge in [0, 0.05) is 5.56 Å². The number of anilines is 1. The number of halogens is 3. The van der Waals surface area contributed by atoms with Gasteiger partial charge in [-0.05, 0) is 37.3 Å². The zero-order valence-electron chi connectivity index (χ0n) is 14.5. The minimum atomic E-state index is -4.51. The first-order valence-electron chi connectivity index (χ1n) is 7.70. The number of para-hydroxylation sites is 1. The highest BCUT2D eigenvalue weighted by Gasteiger charge is 2.33. The number of aliphatic carboxylic acids is 1. The lowest BCUT2D eigenvalue weighted by Gasteiger charge is -2.14. The van der Waals surface area contributed by atoms with Crippen molar-refractivity contribution in [2.45, 2.75) is 13.1 Å². The summed E-state index contributed by atoms with van der Waals surface area (Å²) >= 11 is 0. The highest BCUT2D eigenvalue weighted by Crippen LogP contribution is 2.34. The van der Waals surface area contributed by atoms with Crippen LogP contribution in [0.5, 0.6) is 11.5 Å². The lowest BCUT2D eigenvalue weighted by molar-refractivity contribution is -0.307. The molecular weight excluding hydrogens is 365 g/mol. The first-order chi connectivity index (χ1) is 12.7. The predicted octanol–water partition coefficient (Wildman–Crippen LogP) is 2.68. The fraction of sp³-hybridized carbons (Fsp3) is 0.222. The van der Waals surface area contributed by atoms with E-state index in [4.69, 9.17) is 9.47 Å². The minimum Gasteiger partial charge on any atom is -0.546 e. The number of nitrogens with zero attached hydrogens (tertiary/aromatic N) is 1. The molecule has 144 valence electrons. The van der Waals surface area contributed by atoms with Gasteiger partial charge in [0.1, 0.15) is 6.61 Å². The van der Waals surface area contributed by atoms with E-state index in [0.29, 0.717) is 11.3 Å². The molecule has 0 saturated carbocycles. The number of ether oxygens (including phenoxy) is 2. The van der Waals surface area contributed by atoms with Crippen molar-refractivity contribution < 1.29 is 32.5 Å². The molecule has 2 aromatic carbocycles. The molecule has 0 radical (unpaired) electrons. The number of benzene rings is 2. The number of carboxylic acids is 1. The van der Waals surface area contributed by atoms with Gasteiger partial charge in [0.25, 0.3) is 0 Å². The van der Waals surface area contributed by atoms with Crippen molar-refractivity contribution in [1.82, 2.24) is 0 Å². The number of hydrogen-bond donors (Lipinski definition) is 1. The molecule has 6 nitrogen and oxygen atoms in total. The van der Waals surface area contributed by atoms with Crippen molar-refractivity contribution in [2.24, 2.45) is 5.10 Å². The summed E-state index contributed by atoms with van der Waals surface area (Å²) < 4.78 is 49.2. The average Bonchev–Trinajstić information content (AvgIpc) is 2.63. The van der Waals surface area contributed by atoms with E-state index in [1.807, 2.05) is 0 Å². The van der Waals surface area contributed by atoms with Crippen LogP contribution in [0.25, 0.3) is 0 Å². The van der Waals surface area contributed by atoms with Gasteiger partial charge in [-0.2, -0.15) is 18.3 Å². The number of carbonyl (C=O) groups is 1. The van der Waals surface area contributed by atoms with E-state index in [0.717, 1.165) is 6.07 Å². The van der Waals surface area contributed by atoms with Gasteiger partial charge in [-0.3, -0.25) is 5.43 Å². The Balaban J connectivity index is 2.23. The highest BCUT2D eigenvalue weighted by molar-refractivity contribution is 5.99. The number of methoxy groups -OCH3 is 1. The Morgan fingerprint density at radius 1 is 1.19 bits per heavy atom. The summed E-state index contributed by atoms with van der Waals surface area (Å²) in [4.78, 5) is 10.5. The smallest absolute Gasteiger partial charge is 0.418 e. The normalized spacial score (nSPS) is 11.8. The molecule has 1 N–H and O–H groups in total. The first kappa shape index (κ1) is 20.1. The molecule has 9 heteroatoms. The zero-order valence-corrected chi connectivity index (χ0v) is 14.5. The molecule has 0 aliphatic rings. The fourth-order valence-corrected chi connectivity index (χ4v) is 2.18. The number of alkyl halides is 3. The first-order valence-corrected chi connectivity index (χ1v) is 7.70.